The van der Waals surface area contributed by atoms with Gasteiger partial charge in [0.1, 0.15) is 11.6 Å². The van der Waals surface area contributed by atoms with Gasteiger partial charge in [-0.1, -0.05) is 30.3 Å². The molecule has 0 aliphatic heterocycles. The molecule has 0 radical (unpaired) electrons. The molecule has 3 aromatic rings. The molecule has 3 rings (SSSR count). The fraction of sp³-hybridized carbons (Fsp3) is 0.136. The first-order chi connectivity index (χ1) is 14.3. The van der Waals surface area contributed by atoms with Crippen molar-refractivity contribution in [2.75, 3.05) is 7.11 Å². The Labute approximate surface area is 174 Å². The molecule has 0 amide bonds. The van der Waals surface area contributed by atoms with Gasteiger partial charge in [-0.2, -0.15) is 4.31 Å². The van der Waals surface area contributed by atoms with Crippen molar-refractivity contribution in [1.82, 2.24) is 4.31 Å². The summed E-state index contributed by atoms with van der Waals surface area (Å²) in [6, 6.07) is 17.8. The number of ether oxygens (including phenoxy) is 1. The Morgan fingerprint density at radius 3 is 2.33 bits per heavy atom. The van der Waals surface area contributed by atoms with E-state index in [1.54, 1.807) is 30.3 Å². The van der Waals surface area contributed by atoms with Crippen molar-refractivity contribution in [3.8, 4) is 5.75 Å². The predicted molar refractivity (Wildman–Crippen MR) is 109 cm³/mol. The number of nitrogens with zero attached hydrogens (tertiary/aromatic N) is 1. The van der Waals surface area contributed by atoms with E-state index in [0.29, 0.717) is 11.3 Å². The molecule has 30 heavy (non-hydrogen) atoms. The van der Waals surface area contributed by atoms with E-state index in [2.05, 4.69) is 0 Å². The molecule has 3 aromatic carbocycles. The fourth-order valence-corrected chi connectivity index (χ4v) is 4.34. The average molecular weight is 429 g/mol. The van der Waals surface area contributed by atoms with Gasteiger partial charge in [0.2, 0.25) is 10.0 Å². The van der Waals surface area contributed by atoms with Gasteiger partial charge >= 0.3 is 5.97 Å². The molecular formula is C22H20FNO5S. The minimum Gasteiger partial charge on any atom is -0.497 e. The van der Waals surface area contributed by atoms with Crippen LogP contribution in [0.2, 0.25) is 0 Å². The van der Waals surface area contributed by atoms with Gasteiger partial charge in [-0.3, -0.25) is 0 Å². The van der Waals surface area contributed by atoms with E-state index in [4.69, 9.17) is 9.84 Å². The number of methoxy groups -OCH3 is 1. The standard InChI is InChI=1S/C22H20FNO5S/c1-29-19-7-4-5-16(13-19)14-24(15-18-6-2-3-8-21(18)23)30(27,28)20-11-9-17(10-12-20)22(25)26/h2-13H,14-15H2,1H3,(H,25,26). The second-order valence-corrected chi connectivity index (χ2v) is 8.48. The quantitative estimate of drug-likeness (QED) is 0.587. The minimum atomic E-state index is -4.04. The SMILES string of the molecule is COc1cccc(CN(Cc2ccccc2F)S(=O)(=O)c2ccc(C(=O)O)cc2)c1. The molecule has 0 unspecified atom stereocenters. The molecular weight excluding hydrogens is 409 g/mol. The molecule has 0 saturated carbocycles. The zero-order valence-corrected chi connectivity index (χ0v) is 17.0. The van der Waals surface area contributed by atoms with Crippen LogP contribution < -0.4 is 4.74 Å². The van der Waals surface area contributed by atoms with Crippen LogP contribution in [0.25, 0.3) is 0 Å². The van der Waals surface area contributed by atoms with Gasteiger partial charge in [-0.05, 0) is 48.0 Å². The van der Waals surface area contributed by atoms with E-state index < -0.39 is 21.8 Å². The van der Waals surface area contributed by atoms with E-state index in [9.17, 15) is 17.6 Å². The lowest BCUT2D eigenvalue weighted by molar-refractivity contribution is 0.0696. The lowest BCUT2D eigenvalue weighted by atomic mass is 10.2. The predicted octanol–water partition coefficient (Wildman–Crippen LogP) is 3.92. The Kier molecular flexibility index (Phi) is 6.49. The largest absolute Gasteiger partial charge is 0.497 e. The van der Waals surface area contributed by atoms with E-state index in [0.717, 1.165) is 4.31 Å². The van der Waals surface area contributed by atoms with E-state index in [1.807, 2.05) is 0 Å². The van der Waals surface area contributed by atoms with Crippen molar-refractivity contribution < 1.29 is 27.4 Å². The fourth-order valence-electron chi connectivity index (χ4n) is 2.94. The number of carboxylic acids is 1. The normalized spacial score (nSPS) is 11.4. The van der Waals surface area contributed by atoms with Crippen molar-refractivity contribution >= 4 is 16.0 Å². The van der Waals surface area contributed by atoms with Crippen LogP contribution in [0.15, 0.2) is 77.7 Å². The molecule has 0 atom stereocenters. The van der Waals surface area contributed by atoms with Crippen LogP contribution in [-0.2, 0) is 23.1 Å². The maximum absolute atomic E-state index is 14.2. The number of carboxylic acid groups (broad SMARTS) is 1. The van der Waals surface area contributed by atoms with Gasteiger partial charge in [-0.15, -0.1) is 0 Å². The van der Waals surface area contributed by atoms with Crippen molar-refractivity contribution in [2.24, 2.45) is 0 Å². The van der Waals surface area contributed by atoms with Gasteiger partial charge in [0.25, 0.3) is 0 Å². The number of carbonyl (C=O) groups is 1. The first-order valence-electron chi connectivity index (χ1n) is 9.01. The third-order valence-electron chi connectivity index (χ3n) is 4.54. The average Bonchev–Trinajstić information content (AvgIpc) is 2.75. The molecule has 0 heterocycles. The van der Waals surface area contributed by atoms with Gasteiger partial charge in [0.05, 0.1) is 17.6 Å². The number of benzene rings is 3. The van der Waals surface area contributed by atoms with Gasteiger partial charge < -0.3 is 9.84 Å². The van der Waals surface area contributed by atoms with Gasteiger partial charge in [-0.25, -0.2) is 17.6 Å². The first kappa shape index (κ1) is 21.5. The summed E-state index contributed by atoms with van der Waals surface area (Å²) in [6.45, 7) is -0.207. The molecule has 0 spiro atoms. The van der Waals surface area contributed by atoms with Gasteiger partial charge in [0.15, 0.2) is 0 Å². The maximum atomic E-state index is 14.2. The Morgan fingerprint density at radius 1 is 1.00 bits per heavy atom. The Morgan fingerprint density at radius 2 is 1.70 bits per heavy atom. The van der Waals surface area contributed by atoms with E-state index in [-0.39, 0.29) is 29.1 Å². The van der Waals surface area contributed by atoms with E-state index >= 15 is 0 Å². The molecule has 0 aliphatic rings. The molecule has 0 aromatic heterocycles. The zero-order chi connectivity index (χ0) is 21.7. The summed E-state index contributed by atoms with van der Waals surface area (Å²) < 4.78 is 47.2. The van der Waals surface area contributed by atoms with Crippen LogP contribution in [0.4, 0.5) is 4.39 Å². The summed E-state index contributed by atoms with van der Waals surface area (Å²) in [5.41, 5.74) is 0.866. The second kappa shape index (κ2) is 9.06. The lowest BCUT2D eigenvalue weighted by Crippen LogP contribution is -2.30. The molecule has 0 aliphatic carbocycles. The van der Waals surface area contributed by atoms with Crippen LogP contribution in [0, 0.1) is 5.82 Å². The first-order valence-corrected chi connectivity index (χ1v) is 10.4. The number of rotatable bonds is 8. The van der Waals surface area contributed by atoms with Crippen LogP contribution in [0.3, 0.4) is 0 Å². The topological polar surface area (TPSA) is 83.9 Å². The highest BCUT2D eigenvalue weighted by Crippen LogP contribution is 2.24. The van der Waals surface area contributed by atoms with E-state index in [1.165, 1.54) is 49.6 Å². The van der Waals surface area contributed by atoms with Gasteiger partial charge in [0, 0.05) is 18.7 Å². The second-order valence-electron chi connectivity index (χ2n) is 6.55. The number of hydrogen-bond donors (Lipinski definition) is 1. The summed E-state index contributed by atoms with van der Waals surface area (Å²) >= 11 is 0. The molecule has 156 valence electrons. The third-order valence-corrected chi connectivity index (χ3v) is 6.34. The smallest absolute Gasteiger partial charge is 0.335 e. The summed E-state index contributed by atoms with van der Waals surface area (Å²) in [7, 11) is -2.53. The lowest BCUT2D eigenvalue weighted by Gasteiger charge is -2.23. The molecule has 6 nitrogen and oxygen atoms in total. The Hall–Kier alpha value is -3.23. The third kappa shape index (κ3) is 4.84. The molecule has 0 fully saturated rings. The highest BCUT2D eigenvalue weighted by molar-refractivity contribution is 7.89. The van der Waals surface area contributed by atoms with Crippen molar-refractivity contribution in [1.29, 1.82) is 0 Å². The summed E-state index contributed by atoms with van der Waals surface area (Å²) in [5.74, 6) is -1.09. The maximum Gasteiger partial charge on any atom is 0.335 e. The number of halogens is 1. The molecule has 0 saturated heterocycles. The highest BCUT2D eigenvalue weighted by Gasteiger charge is 2.26. The van der Waals surface area contributed by atoms with Crippen LogP contribution in [0.5, 0.6) is 5.75 Å². The zero-order valence-electron chi connectivity index (χ0n) is 16.2. The molecule has 8 heteroatoms. The summed E-state index contributed by atoms with van der Waals surface area (Å²) in [5, 5.41) is 9.04. The van der Waals surface area contributed by atoms with Crippen LogP contribution >= 0.6 is 0 Å². The van der Waals surface area contributed by atoms with Crippen LogP contribution in [-0.4, -0.2) is 30.9 Å². The monoisotopic (exact) mass is 429 g/mol. The number of sulfonamides is 1. The summed E-state index contributed by atoms with van der Waals surface area (Å²) in [6.07, 6.45) is 0. The minimum absolute atomic E-state index is 0.0193. The van der Waals surface area contributed by atoms with Crippen LogP contribution in [0.1, 0.15) is 21.5 Å². The Balaban J connectivity index is 2.00. The number of hydrogen-bond acceptors (Lipinski definition) is 4. The molecule has 1 N–H and O–H groups in total. The van der Waals surface area contributed by atoms with Crippen molar-refractivity contribution in [3.05, 3.63) is 95.3 Å². The van der Waals surface area contributed by atoms with Crippen molar-refractivity contribution in [3.63, 3.8) is 0 Å². The molecule has 0 bridgehead atoms. The Bertz CT molecular complexity index is 1150. The number of aromatic carboxylic acids is 1. The highest BCUT2D eigenvalue weighted by atomic mass is 32.2. The summed E-state index contributed by atoms with van der Waals surface area (Å²) in [4.78, 5) is 11.0. The van der Waals surface area contributed by atoms with Crippen molar-refractivity contribution in [2.45, 2.75) is 18.0 Å².